The molecule has 2 N–H and O–H groups in total. The SMILES string of the molecule is Cn1nc(-c2cscn2)nc1C(=O)N1C[C@@H]2C(Oc3cc(C(C)(C)N)cc(-c4ccc(F)cc4)n3)[C@@H]2C1. The molecule has 37 heavy (non-hydrogen) atoms. The third-order valence-corrected chi connectivity index (χ3v) is 7.55. The number of nitrogens with two attached hydrogens (primary N) is 1. The van der Waals surface area contributed by atoms with Crippen LogP contribution in [0.15, 0.2) is 47.3 Å². The lowest BCUT2D eigenvalue weighted by Crippen LogP contribution is -2.35. The van der Waals surface area contributed by atoms with E-state index in [0.29, 0.717) is 42.0 Å². The van der Waals surface area contributed by atoms with Gasteiger partial charge in [0, 0.05) is 54.5 Å². The molecule has 0 spiro atoms. The van der Waals surface area contributed by atoms with E-state index in [4.69, 9.17) is 10.5 Å². The summed E-state index contributed by atoms with van der Waals surface area (Å²) in [5, 5.41) is 6.20. The molecule has 2 fully saturated rings. The third kappa shape index (κ3) is 4.49. The molecule has 6 rings (SSSR count). The fourth-order valence-corrected chi connectivity index (χ4v) is 5.33. The largest absolute Gasteiger partial charge is 0.474 e. The number of aromatic nitrogens is 5. The minimum Gasteiger partial charge on any atom is -0.474 e. The number of rotatable bonds is 6. The van der Waals surface area contributed by atoms with Crippen LogP contribution in [0.3, 0.4) is 0 Å². The monoisotopic (exact) mass is 519 g/mol. The Balaban J connectivity index is 1.16. The van der Waals surface area contributed by atoms with E-state index in [1.54, 1.807) is 29.6 Å². The van der Waals surface area contributed by atoms with Crippen molar-refractivity contribution in [3.8, 4) is 28.7 Å². The van der Waals surface area contributed by atoms with Gasteiger partial charge in [-0.15, -0.1) is 16.4 Å². The Bertz CT molecular complexity index is 1450. The second kappa shape index (κ2) is 8.70. The number of halogens is 1. The molecule has 1 aromatic carbocycles. The predicted molar refractivity (Wildman–Crippen MR) is 136 cm³/mol. The lowest BCUT2D eigenvalue weighted by molar-refractivity contribution is 0.0734. The van der Waals surface area contributed by atoms with Crippen LogP contribution in [0.1, 0.15) is 30.0 Å². The van der Waals surface area contributed by atoms with Crippen molar-refractivity contribution >= 4 is 17.2 Å². The first-order valence-electron chi connectivity index (χ1n) is 12.0. The zero-order chi connectivity index (χ0) is 25.9. The average molecular weight is 520 g/mol. The van der Waals surface area contributed by atoms with Gasteiger partial charge in [0.05, 0.1) is 11.2 Å². The summed E-state index contributed by atoms with van der Waals surface area (Å²) < 4.78 is 21.3. The molecule has 2 aliphatic rings. The minimum atomic E-state index is -0.605. The van der Waals surface area contributed by atoms with Crippen molar-refractivity contribution in [2.24, 2.45) is 24.6 Å². The number of carbonyl (C=O) groups excluding carboxylic acids is 1. The van der Waals surface area contributed by atoms with E-state index in [2.05, 4.69) is 20.1 Å². The zero-order valence-electron chi connectivity index (χ0n) is 20.6. The molecule has 1 aliphatic heterocycles. The molecular weight excluding hydrogens is 493 g/mol. The molecule has 1 saturated heterocycles. The molecule has 1 saturated carbocycles. The molecule has 9 nitrogen and oxygen atoms in total. The first-order valence-corrected chi connectivity index (χ1v) is 12.9. The number of carbonyl (C=O) groups is 1. The minimum absolute atomic E-state index is 0.0289. The number of amides is 1. The van der Waals surface area contributed by atoms with Gasteiger partial charge in [0.1, 0.15) is 17.6 Å². The number of aryl methyl sites for hydroxylation is 1. The standard InChI is InChI=1S/C26H26FN7O2S/c1-26(2,28)15-8-19(14-4-6-16(27)7-5-14)30-21(9-15)36-22-17-10-34(11-18(17)22)25(35)24-31-23(32-33(24)3)20-12-37-13-29-20/h4-9,12-13,17-18,22H,10-11,28H2,1-3H3/t17-,18+,22?. The van der Waals surface area contributed by atoms with Gasteiger partial charge in [-0.1, -0.05) is 0 Å². The predicted octanol–water partition coefficient (Wildman–Crippen LogP) is 3.48. The summed E-state index contributed by atoms with van der Waals surface area (Å²) in [7, 11) is 1.72. The third-order valence-electron chi connectivity index (χ3n) is 6.96. The normalized spacial score (nSPS) is 20.7. The average Bonchev–Trinajstić information content (AvgIpc) is 3.36. The van der Waals surface area contributed by atoms with Crippen LogP contribution in [0.4, 0.5) is 4.39 Å². The maximum Gasteiger partial charge on any atom is 0.291 e. The Kier molecular flexibility index (Phi) is 5.57. The molecule has 190 valence electrons. The van der Waals surface area contributed by atoms with Gasteiger partial charge in [0.15, 0.2) is 0 Å². The van der Waals surface area contributed by atoms with Gasteiger partial charge in [-0.25, -0.2) is 24.0 Å². The number of fused-ring (bicyclic) bond motifs is 1. The van der Waals surface area contributed by atoms with Crippen LogP contribution in [-0.2, 0) is 12.6 Å². The Morgan fingerprint density at radius 1 is 1.14 bits per heavy atom. The van der Waals surface area contributed by atoms with E-state index in [1.807, 2.05) is 31.4 Å². The van der Waals surface area contributed by atoms with Crippen molar-refractivity contribution in [1.82, 2.24) is 29.6 Å². The zero-order valence-corrected chi connectivity index (χ0v) is 21.4. The molecular formula is C26H26FN7O2S. The number of piperidine rings is 1. The summed E-state index contributed by atoms with van der Waals surface area (Å²) in [6.45, 7) is 5.00. The highest BCUT2D eigenvalue weighted by atomic mass is 32.1. The first-order chi connectivity index (χ1) is 17.7. The number of benzene rings is 1. The summed E-state index contributed by atoms with van der Waals surface area (Å²) in [5.41, 5.74) is 10.5. The number of pyridine rings is 1. The van der Waals surface area contributed by atoms with Crippen LogP contribution in [-0.4, -0.2) is 54.7 Å². The van der Waals surface area contributed by atoms with Gasteiger partial charge in [0.2, 0.25) is 17.5 Å². The summed E-state index contributed by atoms with van der Waals surface area (Å²) in [4.78, 5) is 28.3. The molecule has 1 aliphatic carbocycles. The summed E-state index contributed by atoms with van der Waals surface area (Å²) in [5.74, 6) is 1.22. The fourth-order valence-electron chi connectivity index (χ4n) is 4.80. The molecule has 4 heterocycles. The Morgan fingerprint density at radius 3 is 2.51 bits per heavy atom. The van der Waals surface area contributed by atoms with Gasteiger partial charge in [0.25, 0.3) is 5.91 Å². The lowest BCUT2D eigenvalue weighted by Gasteiger charge is -2.22. The summed E-state index contributed by atoms with van der Waals surface area (Å²) >= 11 is 1.46. The Hall–Kier alpha value is -3.70. The van der Waals surface area contributed by atoms with Gasteiger partial charge in [-0.3, -0.25) is 4.79 Å². The molecule has 3 atom stereocenters. The molecule has 1 amide bonds. The summed E-state index contributed by atoms with van der Waals surface area (Å²) in [6, 6.07) is 9.97. The number of nitrogens with zero attached hydrogens (tertiary/aromatic N) is 6. The van der Waals surface area contributed by atoms with Crippen molar-refractivity contribution in [2.45, 2.75) is 25.5 Å². The van der Waals surface area contributed by atoms with Crippen LogP contribution >= 0.6 is 11.3 Å². The highest BCUT2D eigenvalue weighted by Gasteiger charge is 2.59. The van der Waals surface area contributed by atoms with E-state index in [0.717, 1.165) is 11.1 Å². The number of ether oxygens (including phenoxy) is 1. The maximum atomic E-state index is 13.4. The van der Waals surface area contributed by atoms with Crippen LogP contribution < -0.4 is 10.5 Å². The summed E-state index contributed by atoms with van der Waals surface area (Å²) in [6.07, 6.45) is -0.0289. The van der Waals surface area contributed by atoms with E-state index in [1.165, 1.54) is 28.2 Å². The number of likely N-dealkylation sites (tertiary alicyclic amines) is 1. The van der Waals surface area contributed by atoms with E-state index in [9.17, 15) is 9.18 Å². The van der Waals surface area contributed by atoms with Crippen LogP contribution in [0.2, 0.25) is 0 Å². The molecule has 1 unspecified atom stereocenters. The van der Waals surface area contributed by atoms with Gasteiger partial charge < -0.3 is 15.4 Å². The van der Waals surface area contributed by atoms with Gasteiger partial charge in [-0.05, 0) is 49.7 Å². The molecule has 4 aromatic rings. The van der Waals surface area contributed by atoms with E-state index in [-0.39, 0.29) is 29.7 Å². The molecule has 11 heteroatoms. The van der Waals surface area contributed by atoms with Crippen molar-refractivity contribution in [2.75, 3.05) is 13.1 Å². The Morgan fingerprint density at radius 2 is 1.86 bits per heavy atom. The molecule has 3 aromatic heterocycles. The highest BCUT2D eigenvalue weighted by Crippen LogP contribution is 2.48. The van der Waals surface area contributed by atoms with Gasteiger partial charge >= 0.3 is 0 Å². The number of hydrogen-bond donors (Lipinski definition) is 1. The van der Waals surface area contributed by atoms with Crippen molar-refractivity contribution in [3.05, 3.63) is 64.5 Å². The van der Waals surface area contributed by atoms with E-state index < -0.39 is 5.54 Å². The second-order valence-corrected chi connectivity index (χ2v) is 10.9. The van der Waals surface area contributed by atoms with Crippen molar-refractivity contribution in [3.63, 3.8) is 0 Å². The topological polar surface area (TPSA) is 112 Å². The fraction of sp³-hybridized carbons (Fsp3) is 0.346. The lowest BCUT2D eigenvalue weighted by atomic mass is 9.95. The van der Waals surface area contributed by atoms with Crippen LogP contribution in [0.5, 0.6) is 5.88 Å². The van der Waals surface area contributed by atoms with Crippen molar-refractivity contribution < 1.29 is 13.9 Å². The Labute approximate surface area is 217 Å². The van der Waals surface area contributed by atoms with Crippen molar-refractivity contribution in [1.29, 1.82) is 0 Å². The van der Waals surface area contributed by atoms with Gasteiger partial charge in [-0.2, -0.15) is 0 Å². The number of hydrogen-bond acceptors (Lipinski definition) is 8. The first kappa shape index (κ1) is 23.7. The maximum absolute atomic E-state index is 13.4. The van der Waals surface area contributed by atoms with Crippen LogP contribution in [0.25, 0.3) is 22.8 Å². The van der Waals surface area contributed by atoms with E-state index >= 15 is 0 Å². The second-order valence-electron chi connectivity index (χ2n) is 10.2. The molecule has 0 radical (unpaired) electrons. The smallest absolute Gasteiger partial charge is 0.291 e. The number of thiazole rings is 1. The molecule has 0 bridgehead atoms. The quantitative estimate of drug-likeness (QED) is 0.415. The van der Waals surface area contributed by atoms with Crippen LogP contribution in [0, 0.1) is 17.7 Å². The highest BCUT2D eigenvalue weighted by molar-refractivity contribution is 7.07.